The van der Waals surface area contributed by atoms with Crippen LogP contribution < -0.4 is 5.32 Å². The van der Waals surface area contributed by atoms with Crippen molar-refractivity contribution in [1.82, 2.24) is 4.90 Å². The van der Waals surface area contributed by atoms with E-state index in [4.69, 9.17) is 0 Å². The molecule has 0 aliphatic carbocycles. The maximum atomic E-state index is 12.1. The van der Waals surface area contributed by atoms with Crippen LogP contribution in [0, 0.1) is 3.57 Å². The average molecular weight is 372 g/mol. The van der Waals surface area contributed by atoms with Crippen LogP contribution in [0.5, 0.6) is 0 Å². The molecule has 1 aliphatic heterocycles. The first-order valence-electron chi connectivity index (χ1n) is 6.98. The molecule has 0 aromatic heterocycles. The standard InChI is InChI=1S/C15H21IN2O/c1-2-14-5-3-4-10-18(14)11-15(19)17-13-8-6-12(16)7-9-13/h6-9,14H,2-5,10-11H2,1H3,(H,17,19). The van der Waals surface area contributed by atoms with Crippen molar-refractivity contribution in [3.05, 3.63) is 27.8 Å². The largest absolute Gasteiger partial charge is 0.325 e. The maximum absolute atomic E-state index is 12.1. The van der Waals surface area contributed by atoms with Gasteiger partial charge in [-0.2, -0.15) is 0 Å². The van der Waals surface area contributed by atoms with Gasteiger partial charge in [0.05, 0.1) is 6.54 Å². The minimum Gasteiger partial charge on any atom is -0.325 e. The van der Waals surface area contributed by atoms with E-state index in [1.807, 2.05) is 24.3 Å². The van der Waals surface area contributed by atoms with Gasteiger partial charge in [0, 0.05) is 15.3 Å². The summed E-state index contributed by atoms with van der Waals surface area (Å²) in [5, 5.41) is 2.98. The van der Waals surface area contributed by atoms with Gasteiger partial charge in [0.15, 0.2) is 0 Å². The van der Waals surface area contributed by atoms with E-state index in [-0.39, 0.29) is 5.91 Å². The van der Waals surface area contributed by atoms with Crippen molar-refractivity contribution in [2.75, 3.05) is 18.4 Å². The number of halogens is 1. The monoisotopic (exact) mass is 372 g/mol. The molecule has 19 heavy (non-hydrogen) atoms. The number of nitrogens with one attached hydrogen (secondary N) is 1. The SMILES string of the molecule is CCC1CCCCN1CC(=O)Nc1ccc(I)cc1. The molecule has 2 rings (SSSR count). The lowest BCUT2D eigenvalue weighted by Gasteiger charge is -2.34. The van der Waals surface area contributed by atoms with Gasteiger partial charge in [-0.25, -0.2) is 0 Å². The number of carbonyl (C=O) groups excluding carboxylic acids is 1. The third kappa shape index (κ3) is 4.45. The number of carbonyl (C=O) groups is 1. The summed E-state index contributed by atoms with van der Waals surface area (Å²) >= 11 is 2.26. The predicted octanol–water partition coefficient (Wildman–Crippen LogP) is 3.49. The highest BCUT2D eigenvalue weighted by atomic mass is 127. The van der Waals surface area contributed by atoms with Gasteiger partial charge >= 0.3 is 0 Å². The maximum Gasteiger partial charge on any atom is 0.238 e. The van der Waals surface area contributed by atoms with E-state index in [0.29, 0.717) is 12.6 Å². The summed E-state index contributed by atoms with van der Waals surface area (Å²) in [7, 11) is 0. The molecule has 0 bridgehead atoms. The molecule has 1 saturated heterocycles. The Labute approximate surface area is 128 Å². The molecule has 1 atom stereocenters. The summed E-state index contributed by atoms with van der Waals surface area (Å²) in [4.78, 5) is 14.4. The number of piperidine rings is 1. The number of benzene rings is 1. The number of rotatable bonds is 4. The second-order valence-electron chi connectivity index (χ2n) is 5.08. The molecular weight excluding hydrogens is 351 g/mol. The fourth-order valence-corrected chi connectivity index (χ4v) is 3.01. The first-order chi connectivity index (χ1) is 9.19. The molecule has 1 fully saturated rings. The number of hydrogen-bond acceptors (Lipinski definition) is 2. The van der Waals surface area contributed by atoms with E-state index in [1.54, 1.807) is 0 Å². The molecule has 104 valence electrons. The summed E-state index contributed by atoms with van der Waals surface area (Å²) in [5.74, 6) is 0.0987. The van der Waals surface area contributed by atoms with E-state index < -0.39 is 0 Å². The zero-order chi connectivity index (χ0) is 13.7. The average Bonchev–Trinajstić information content (AvgIpc) is 2.42. The van der Waals surface area contributed by atoms with Crippen molar-refractivity contribution in [2.45, 2.75) is 38.6 Å². The Morgan fingerprint density at radius 3 is 2.79 bits per heavy atom. The Bertz CT molecular complexity index is 419. The highest BCUT2D eigenvalue weighted by Gasteiger charge is 2.22. The van der Waals surface area contributed by atoms with Crippen molar-refractivity contribution in [3.8, 4) is 0 Å². The molecular formula is C15H21IN2O. The normalized spacial score (nSPS) is 20.2. The number of hydrogen-bond donors (Lipinski definition) is 1. The van der Waals surface area contributed by atoms with Gasteiger partial charge < -0.3 is 5.32 Å². The van der Waals surface area contributed by atoms with Gasteiger partial charge in [0.25, 0.3) is 0 Å². The summed E-state index contributed by atoms with van der Waals surface area (Å²) in [6, 6.07) is 8.49. The minimum atomic E-state index is 0.0987. The molecule has 1 unspecified atom stereocenters. The topological polar surface area (TPSA) is 32.3 Å². The van der Waals surface area contributed by atoms with E-state index in [0.717, 1.165) is 18.7 Å². The molecule has 1 aromatic carbocycles. The van der Waals surface area contributed by atoms with Gasteiger partial charge in [0.2, 0.25) is 5.91 Å². The molecule has 4 heteroatoms. The molecule has 1 aromatic rings. The highest BCUT2D eigenvalue weighted by molar-refractivity contribution is 14.1. The van der Waals surface area contributed by atoms with Crippen LogP contribution in [0.15, 0.2) is 24.3 Å². The summed E-state index contributed by atoms with van der Waals surface area (Å²) in [6.45, 7) is 3.78. The van der Waals surface area contributed by atoms with E-state index in [2.05, 4.69) is 39.7 Å². The van der Waals surface area contributed by atoms with Crippen LogP contribution in [0.1, 0.15) is 32.6 Å². The molecule has 0 spiro atoms. The molecule has 0 radical (unpaired) electrons. The van der Waals surface area contributed by atoms with Crippen molar-refractivity contribution in [3.63, 3.8) is 0 Å². The molecule has 1 amide bonds. The van der Waals surface area contributed by atoms with Crippen molar-refractivity contribution in [2.24, 2.45) is 0 Å². The number of likely N-dealkylation sites (tertiary alicyclic amines) is 1. The first kappa shape index (κ1) is 14.8. The molecule has 3 nitrogen and oxygen atoms in total. The van der Waals surface area contributed by atoms with Gasteiger partial charge in [-0.1, -0.05) is 13.3 Å². The summed E-state index contributed by atoms with van der Waals surface area (Å²) in [5.41, 5.74) is 0.885. The van der Waals surface area contributed by atoms with Gasteiger partial charge in [-0.3, -0.25) is 9.69 Å². The van der Waals surface area contributed by atoms with Crippen molar-refractivity contribution < 1.29 is 4.79 Å². The van der Waals surface area contributed by atoms with Gasteiger partial charge in [-0.15, -0.1) is 0 Å². The quantitative estimate of drug-likeness (QED) is 0.821. The number of amides is 1. The molecule has 1 aliphatic rings. The smallest absolute Gasteiger partial charge is 0.238 e. The lowest BCUT2D eigenvalue weighted by Crippen LogP contribution is -2.43. The molecule has 1 heterocycles. The zero-order valence-corrected chi connectivity index (χ0v) is 13.5. The Kier molecular flexibility index (Phi) is 5.63. The Balaban J connectivity index is 1.88. The van der Waals surface area contributed by atoms with Crippen LogP contribution in [-0.2, 0) is 4.79 Å². The van der Waals surface area contributed by atoms with Crippen LogP contribution in [0.2, 0.25) is 0 Å². The molecule has 1 N–H and O–H groups in total. The summed E-state index contributed by atoms with van der Waals surface area (Å²) < 4.78 is 1.18. The van der Waals surface area contributed by atoms with Crippen LogP contribution in [0.4, 0.5) is 5.69 Å². The fraction of sp³-hybridized carbons (Fsp3) is 0.533. The highest BCUT2D eigenvalue weighted by Crippen LogP contribution is 2.19. The molecule has 0 saturated carbocycles. The first-order valence-corrected chi connectivity index (χ1v) is 8.06. The van der Waals surface area contributed by atoms with E-state index in [1.165, 1.54) is 22.8 Å². The Morgan fingerprint density at radius 2 is 2.11 bits per heavy atom. The Hall–Kier alpha value is -0.620. The zero-order valence-electron chi connectivity index (χ0n) is 11.4. The number of nitrogens with zero attached hydrogens (tertiary/aromatic N) is 1. The van der Waals surface area contributed by atoms with Crippen LogP contribution in [0.3, 0.4) is 0 Å². The van der Waals surface area contributed by atoms with Crippen LogP contribution in [-0.4, -0.2) is 29.9 Å². The number of anilines is 1. The second-order valence-corrected chi connectivity index (χ2v) is 6.33. The lowest BCUT2D eigenvalue weighted by atomic mass is 10.0. The summed E-state index contributed by atoms with van der Waals surface area (Å²) in [6.07, 6.45) is 4.88. The fourth-order valence-electron chi connectivity index (χ4n) is 2.65. The second kappa shape index (κ2) is 7.24. The van der Waals surface area contributed by atoms with E-state index in [9.17, 15) is 4.79 Å². The van der Waals surface area contributed by atoms with Gasteiger partial charge in [-0.05, 0) is 72.7 Å². The van der Waals surface area contributed by atoms with Crippen molar-refractivity contribution in [1.29, 1.82) is 0 Å². The van der Waals surface area contributed by atoms with Gasteiger partial charge in [0.1, 0.15) is 0 Å². The van der Waals surface area contributed by atoms with Crippen molar-refractivity contribution >= 4 is 34.2 Å². The van der Waals surface area contributed by atoms with E-state index >= 15 is 0 Å². The predicted molar refractivity (Wildman–Crippen MR) is 87.3 cm³/mol. The van der Waals surface area contributed by atoms with Crippen LogP contribution >= 0.6 is 22.6 Å². The minimum absolute atomic E-state index is 0.0987. The Morgan fingerprint density at radius 1 is 1.37 bits per heavy atom. The third-order valence-electron chi connectivity index (χ3n) is 3.69. The third-order valence-corrected chi connectivity index (χ3v) is 4.41. The van der Waals surface area contributed by atoms with Crippen LogP contribution in [0.25, 0.3) is 0 Å². The lowest BCUT2D eigenvalue weighted by molar-refractivity contribution is -0.118.